The van der Waals surface area contributed by atoms with Gasteiger partial charge in [0.05, 0.1) is 11.7 Å². The summed E-state index contributed by atoms with van der Waals surface area (Å²) < 4.78 is 26.0. The molecular formula is C18H25N5O3S. The first-order valence-electron chi connectivity index (χ1n) is 9.17. The summed E-state index contributed by atoms with van der Waals surface area (Å²) in [6, 6.07) is 7.32. The Morgan fingerprint density at radius 1 is 1.41 bits per heavy atom. The van der Waals surface area contributed by atoms with Crippen molar-refractivity contribution in [3.05, 3.63) is 30.1 Å². The molecule has 8 nitrogen and oxygen atoms in total. The number of carbonyl (C=O) groups is 1. The second-order valence-electron chi connectivity index (χ2n) is 6.83. The number of H-pyrrole nitrogens is 1. The molecule has 1 saturated heterocycles. The van der Waals surface area contributed by atoms with E-state index in [-0.39, 0.29) is 24.1 Å². The Kier molecular flexibility index (Phi) is 5.91. The van der Waals surface area contributed by atoms with E-state index in [1.165, 1.54) is 4.31 Å². The lowest BCUT2D eigenvalue weighted by Crippen LogP contribution is -2.44. The van der Waals surface area contributed by atoms with Crippen LogP contribution in [0.2, 0.25) is 0 Å². The number of nitrogens with one attached hydrogen (secondary N) is 2. The highest BCUT2D eigenvalue weighted by atomic mass is 32.2. The average molecular weight is 391 g/mol. The molecule has 1 fully saturated rings. The molecule has 1 aliphatic rings. The minimum atomic E-state index is -3.28. The summed E-state index contributed by atoms with van der Waals surface area (Å²) in [6.07, 6.45) is 1.95. The summed E-state index contributed by atoms with van der Waals surface area (Å²) in [5.74, 6) is 0.905. The third kappa shape index (κ3) is 4.72. The molecule has 1 atom stereocenters. The van der Waals surface area contributed by atoms with Gasteiger partial charge in [0.25, 0.3) is 0 Å². The smallest absolute Gasteiger partial charge is 0.228 e. The first-order valence-corrected chi connectivity index (χ1v) is 10.8. The van der Waals surface area contributed by atoms with Crippen LogP contribution in [0.5, 0.6) is 0 Å². The first kappa shape index (κ1) is 19.5. The molecule has 1 aromatic heterocycles. The third-order valence-corrected chi connectivity index (χ3v) is 6.64. The lowest BCUT2D eigenvalue weighted by atomic mass is 9.98. The van der Waals surface area contributed by atoms with Crippen molar-refractivity contribution < 1.29 is 13.2 Å². The monoisotopic (exact) mass is 391 g/mol. The van der Waals surface area contributed by atoms with E-state index in [1.54, 1.807) is 6.07 Å². The van der Waals surface area contributed by atoms with E-state index in [1.807, 2.05) is 32.0 Å². The number of nitrogens with zero attached hydrogens (tertiary/aromatic N) is 3. The minimum Gasteiger partial charge on any atom is -0.326 e. The lowest BCUT2D eigenvalue weighted by molar-refractivity contribution is -0.120. The van der Waals surface area contributed by atoms with Crippen LogP contribution in [0.25, 0.3) is 11.4 Å². The first-order chi connectivity index (χ1) is 12.9. The summed E-state index contributed by atoms with van der Waals surface area (Å²) in [5.41, 5.74) is 1.45. The van der Waals surface area contributed by atoms with E-state index in [0.29, 0.717) is 37.3 Å². The number of aromatic amines is 1. The number of hydrogen-bond donors (Lipinski definition) is 2. The van der Waals surface area contributed by atoms with Gasteiger partial charge in [0, 0.05) is 24.3 Å². The van der Waals surface area contributed by atoms with Crippen molar-refractivity contribution in [3.63, 3.8) is 0 Å². The highest BCUT2D eigenvalue weighted by Gasteiger charge is 2.31. The normalized spacial score (nSPS) is 18.4. The van der Waals surface area contributed by atoms with E-state index in [2.05, 4.69) is 20.5 Å². The molecule has 0 saturated carbocycles. The predicted molar refractivity (Wildman–Crippen MR) is 104 cm³/mol. The Morgan fingerprint density at radius 3 is 2.93 bits per heavy atom. The highest BCUT2D eigenvalue weighted by molar-refractivity contribution is 7.89. The Labute approximate surface area is 159 Å². The van der Waals surface area contributed by atoms with Crippen molar-refractivity contribution in [3.8, 4) is 11.4 Å². The molecule has 0 radical (unpaired) electrons. The fourth-order valence-electron chi connectivity index (χ4n) is 3.25. The highest BCUT2D eigenvalue weighted by Crippen LogP contribution is 2.23. The Morgan fingerprint density at radius 2 is 2.22 bits per heavy atom. The van der Waals surface area contributed by atoms with Gasteiger partial charge in [0.1, 0.15) is 5.82 Å². The molecule has 1 amide bonds. The van der Waals surface area contributed by atoms with Gasteiger partial charge in [0.2, 0.25) is 15.9 Å². The zero-order valence-corrected chi connectivity index (χ0v) is 16.4. The Hall–Kier alpha value is -2.26. The molecule has 146 valence electrons. The van der Waals surface area contributed by atoms with E-state index >= 15 is 0 Å². The Bertz CT molecular complexity index is 909. The fraction of sp³-hybridized carbons (Fsp3) is 0.500. The molecule has 1 aliphatic heterocycles. The van der Waals surface area contributed by atoms with Crippen molar-refractivity contribution in [1.82, 2.24) is 19.5 Å². The van der Waals surface area contributed by atoms with E-state index < -0.39 is 10.0 Å². The van der Waals surface area contributed by atoms with Crippen molar-refractivity contribution >= 4 is 21.6 Å². The van der Waals surface area contributed by atoms with E-state index in [0.717, 1.165) is 11.4 Å². The van der Waals surface area contributed by atoms with Crippen LogP contribution in [-0.2, 0) is 14.8 Å². The van der Waals surface area contributed by atoms with Crippen LogP contribution < -0.4 is 5.32 Å². The summed E-state index contributed by atoms with van der Waals surface area (Å²) in [5, 5.41) is 9.83. The van der Waals surface area contributed by atoms with Gasteiger partial charge >= 0.3 is 0 Å². The molecule has 27 heavy (non-hydrogen) atoms. The maximum Gasteiger partial charge on any atom is 0.228 e. The number of rotatable bonds is 6. The van der Waals surface area contributed by atoms with Crippen LogP contribution in [0.4, 0.5) is 5.69 Å². The molecule has 0 spiro atoms. The van der Waals surface area contributed by atoms with Crippen LogP contribution in [0.1, 0.15) is 32.0 Å². The van der Waals surface area contributed by atoms with Crippen LogP contribution in [-0.4, -0.2) is 52.7 Å². The molecule has 0 bridgehead atoms. The average Bonchev–Trinajstić information content (AvgIpc) is 3.08. The van der Waals surface area contributed by atoms with Gasteiger partial charge in [-0.2, -0.15) is 5.10 Å². The number of hydrogen-bond acceptors (Lipinski definition) is 5. The van der Waals surface area contributed by atoms with Crippen molar-refractivity contribution in [2.75, 3.05) is 24.2 Å². The topological polar surface area (TPSA) is 108 Å². The lowest BCUT2D eigenvalue weighted by Gasteiger charge is -2.31. The second-order valence-corrected chi connectivity index (χ2v) is 8.92. The predicted octanol–water partition coefficient (Wildman–Crippen LogP) is 2.17. The molecule has 2 N–H and O–H groups in total. The summed E-state index contributed by atoms with van der Waals surface area (Å²) in [6.45, 7) is 4.40. The number of piperidine rings is 1. The molecule has 2 heterocycles. The van der Waals surface area contributed by atoms with Gasteiger partial charge in [0.15, 0.2) is 5.82 Å². The zero-order chi connectivity index (χ0) is 19.4. The SMILES string of the molecule is CCCS(=O)(=O)N1CCCC(C(=O)Nc2cccc(-c3n[nH]c(C)n3)c2)C1. The maximum atomic E-state index is 12.7. The van der Waals surface area contributed by atoms with Gasteiger partial charge in [-0.25, -0.2) is 17.7 Å². The van der Waals surface area contributed by atoms with Crippen LogP contribution in [0.3, 0.4) is 0 Å². The van der Waals surface area contributed by atoms with Gasteiger partial charge in [-0.3, -0.25) is 9.89 Å². The molecule has 1 aromatic carbocycles. The van der Waals surface area contributed by atoms with Crippen molar-refractivity contribution in [2.45, 2.75) is 33.1 Å². The van der Waals surface area contributed by atoms with Gasteiger partial charge in [-0.05, 0) is 38.3 Å². The quantitative estimate of drug-likeness (QED) is 0.784. The molecule has 0 aliphatic carbocycles. The van der Waals surface area contributed by atoms with Crippen LogP contribution >= 0.6 is 0 Å². The van der Waals surface area contributed by atoms with Gasteiger partial charge < -0.3 is 5.32 Å². The third-order valence-electron chi connectivity index (χ3n) is 4.60. The number of amides is 1. The molecule has 1 unspecified atom stereocenters. The Balaban J connectivity index is 1.68. The van der Waals surface area contributed by atoms with Crippen molar-refractivity contribution in [2.24, 2.45) is 5.92 Å². The molecule has 9 heteroatoms. The zero-order valence-electron chi connectivity index (χ0n) is 15.6. The van der Waals surface area contributed by atoms with Gasteiger partial charge in [-0.1, -0.05) is 19.1 Å². The van der Waals surface area contributed by atoms with Crippen LogP contribution in [0.15, 0.2) is 24.3 Å². The standard InChI is InChI=1S/C18H25N5O3S/c1-3-10-27(25,26)23-9-5-7-15(12-23)18(24)20-16-8-4-6-14(11-16)17-19-13(2)21-22-17/h4,6,8,11,15H,3,5,7,9-10,12H2,1-2H3,(H,20,24)(H,19,21,22). The molecular weight excluding hydrogens is 366 g/mol. The fourth-order valence-corrected chi connectivity index (χ4v) is 4.84. The number of aromatic nitrogens is 3. The summed E-state index contributed by atoms with van der Waals surface area (Å²) in [7, 11) is -3.28. The maximum absolute atomic E-state index is 12.7. The summed E-state index contributed by atoms with van der Waals surface area (Å²) >= 11 is 0. The number of benzene rings is 1. The number of carbonyl (C=O) groups excluding carboxylic acids is 1. The van der Waals surface area contributed by atoms with E-state index in [4.69, 9.17) is 0 Å². The number of sulfonamides is 1. The largest absolute Gasteiger partial charge is 0.326 e. The summed E-state index contributed by atoms with van der Waals surface area (Å²) in [4.78, 5) is 17.0. The molecule has 3 rings (SSSR count). The molecule has 2 aromatic rings. The minimum absolute atomic E-state index is 0.124. The van der Waals surface area contributed by atoms with E-state index in [9.17, 15) is 13.2 Å². The van der Waals surface area contributed by atoms with Crippen LogP contribution in [0, 0.1) is 12.8 Å². The number of aryl methyl sites for hydroxylation is 1. The number of anilines is 1. The van der Waals surface area contributed by atoms with Crippen molar-refractivity contribution in [1.29, 1.82) is 0 Å². The van der Waals surface area contributed by atoms with Gasteiger partial charge in [-0.15, -0.1) is 0 Å². The second kappa shape index (κ2) is 8.18.